The molecular weight excluding hydrogens is 386 g/mol. The number of benzene rings is 3. The van der Waals surface area contributed by atoms with Crippen LogP contribution >= 0.6 is 0 Å². The standard InChI is InChI=1S/C23H21NO4S/c1-3-14-27-20-10-7-11-21-22(20)18-13-12-17(24-29(2,25)26)15-19(18)23(28-21)16-8-5-4-6-9-16/h3-13,15,23-24H,1,14H2,2H3. The quantitative estimate of drug-likeness (QED) is 0.598. The van der Waals surface area contributed by atoms with Gasteiger partial charge in [0.05, 0.1) is 11.8 Å². The van der Waals surface area contributed by atoms with Crippen molar-refractivity contribution < 1.29 is 17.9 Å². The molecule has 0 spiro atoms. The molecule has 29 heavy (non-hydrogen) atoms. The molecule has 3 aromatic rings. The molecule has 1 unspecified atom stereocenters. The Bertz CT molecular complexity index is 1160. The fraction of sp³-hybridized carbons (Fsp3) is 0.130. The number of rotatable bonds is 6. The summed E-state index contributed by atoms with van der Waals surface area (Å²) in [7, 11) is -3.39. The number of hydrogen-bond acceptors (Lipinski definition) is 4. The van der Waals surface area contributed by atoms with Crippen LogP contribution in [0, 0.1) is 0 Å². The Kier molecular flexibility index (Phi) is 5.03. The van der Waals surface area contributed by atoms with Crippen LogP contribution < -0.4 is 14.2 Å². The molecule has 1 atom stereocenters. The van der Waals surface area contributed by atoms with Gasteiger partial charge in [-0.15, -0.1) is 0 Å². The van der Waals surface area contributed by atoms with Crippen LogP contribution in [0.5, 0.6) is 11.5 Å². The van der Waals surface area contributed by atoms with Crippen LogP contribution in [-0.2, 0) is 10.0 Å². The third-order valence-corrected chi connectivity index (χ3v) is 5.20. The van der Waals surface area contributed by atoms with Crippen molar-refractivity contribution in [1.29, 1.82) is 0 Å². The SMILES string of the molecule is C=CCOc1cccc2c1-c1ccc(NS(C)(=O)=O)cc1C(c1ccccc1)O2. The normalized spacial score (nSPS) is 14.9. The van der Waals surface area contributed by atoms with Gasteiger partial charge in [-0.1, -0.05) is 55.1 Å². The molecule has 0 saturated carbocycles. The van der Waals surface area contributed by atoms with Crippen LogP contribution in [0.25, 0.3) is 11.1 Å². The van der Waals surface area contributed by atoms with Crippen molar-refractivity contribution in [3.8, 4) is 22.6 Å². The van der Waals surface area contributed by atoms with E-state index in [9.17, 15) is 8.42 Å². The van der Waals surface area contributed by atoms with Crippen molar-refractivity contribution >= 4 is 15.7 Å². The maximum Gasteiger partial charge on any atom is 0.229 e. The van der Waals surface area contributed by atoms with Gasteiger partial charge in [-0.25, -0.2) is 8.42 Å². The zero-order chi connectivity index (χ0) is 20.4. The Morgan fingerprint density at radius 3 is 2.62 bits per heavy atom. The van der Waals surface area contributed by atoms with E-state index in [1.165, 1.54) is 0 Å². The first-order valence-electron chi connectivity index (χ1n) is 9.16. The Morgan fingerprint density at radius 2 is 1.90 bits per heavy atom. The fourth-order valence-corrected chi connectivity index (χ4v) is 4.05. The second-order valence-electron chi connectivity index (χ2n) is 6.81. The molecule has 0 radical (unpaired) electrons. The van der Waals surface area contributed by atoms with Crippen molar-refractivity contribution in [1.82, 2.24) is 0 Å². The monoisotopic (exact) mass is 407 g/mol. The molecule has 0 fully saturated rings. The average molecular weight is 407 g/mol. The summed E-state index contributed by atoms with van der Waals surface area (Å²) in [4.78, 5) is 0. The van der Waals surface area contributed by atoms with E-state index >= 15 is 0 Å². The number of fused-ring (bicyclic) bond motifs is 3. The van der Waals surface area contributed by atoms with Crippen molar-refractivity contribution in [2.45, 2.75) is 6.10 Å². The van der Waals surface area contributed by atoms with Crippen LogP contribution in [0.3, 0.4) is 0 Å². The highest BCUT2D eigenvalue weighted by atomic mass is 32.2. The second kappa shape index (κ2) is 7.64. The summed E-state index contributed by atoms with van der Waals surface area (Å²) in [5, 5.41) is 0. The minimum absolute atomic E-state index is 0.366. The summed E-state index contributed by atoms with van der Waals surface area (Å²) < 4.78 is 38.2. The number of sulfonamides is 1. The molecule has 1 N–H and O–H groups in total. The molecule has 6 heteroatoms. The lowest BCUT2D eigenvalue weighted by atomic mass is 9.89. The zero-order valence-electron chi connectivity index (χ0n) is 16.0. The van der Waals surface area contributed by atoms with Gasteiger partial charge in [-0.05, 0) is 35.4 Å². The van der Waals surface area contributed by atoms with E-state index in [0.717, 1.165) is 34.3 Å². The summed E-state index contributed by atoms with van der Waals surface area (Å²) in [5.41, 5.74) is 4.13. The lowest BCUT2D eigenvalue weighted by Gasteiger charge is -2.30. The number of hydrogen-bond donors (Lipinski definition) is 1. The lowest BCUT2D eigenvalue weighted by molar-refractivity contribution is 0.241. The summed E-state index contributed by atoms with van der Waals surface area (Å²) in [5.74, 6) is 1.41. The minimum Gasteiger partial charge on any atom is -0.489 e. The molecule has 4 rings (SSSR count). The van der Waals surface area contributed by atoms with Gasteiger partial charge in [0.25, 0.3) is 0 Å². The molecule has 0 aromatic heterocycles. The van der Waals surface area contributed by atoms with Gasteiger partial charge >= 0.3 is 0 Å². The molecule has 0 saturated heterocycles. The highest BCUT2D eigenvalue weighted by molar-refractivity contribution is 7.92. The first kappa shape index (κ1) is 19.1. The molecule has 0 aliphatic carbocycles. The first-order valence-corrected chi connectivity index (χ1v) is 11.1. The van der Waals surface area contributed by atoms with Crippen molar-refractivity contribution in [3.63, 3.8) is 0 Å². The molecule has 5 nitrogen and oxygen atoms in total. The molecule has 148 valence electrons. The zero-order valence-corrected chi connectivity index (χ0v) is 16.8. The molecule has 1 aliphatic heterocycles. The Morgan fingerprint density at radius 1 is 1.10 bits per heavy atom. The highest BCUT2D eigenvalue weighted by Crippen LogP contribution is 2.49. The highest BCUT2D eigenvalue weighted by Gasteiger charge is 2.30. The topological polar surface area (TPSA) is 64.6 Å². The van der Waals surface area contributed by atoms with Crippen molar-refractivity contribution in [2.24, 2.45) is 0 Å². The van der Waals surface area contributed by atoms with Crippen LogP contribution in [0.15, 0.2) is 79.4 Å². The van der Waals surface area contributed by atoms with Gasteiger partial charge in [0.2, 0.25) is 10.0 Å². The van der Waals surface area contributed by atoms with E-state index in [0.29, 0.717) is 18.0 Å². The van der Waals surface area contributed by atoms with Crippen LogP contribution in [0.1, 0.15) is 17.2 Å². The Balaban J connectivity index is 1.89. The second-order valence-corrected chi connectivity index (χ2v) is 8.56. The first-order chi connectivity index (χ1) is 14.0. The third-order valence-electron chi connectivity index (χ3n) is 4.60. The predicted octanol–water partition coefficient (Wildman–Crippen LogP) is 4.77. The number of anilines is 1. The van der Waals surface area contributed by atoms with Crippen LogP contribution in [0.4, 0.5) is 5.69 Å². The third kappa shape index (κ3) is 3.98. The molecule has 1 aliphatic rings. The Labute approximate surface area is 170 Å². The van der Waals surface area contributed by atoms with E-state index in [-0.39, 0.29) is 6.10 Å². The molecule has 1 heterocycles. The van der Waals surface area contributed by atoms with Gasteiger partial charge in [-0.3, -0.25) is 4.72 Å². The fourth-order valence-electron chi connectivity index (χ4n) is 3.49. The number of ether oxygens (including phenoxy) is 2. The molecule has 0 amide bonds. The van der Waals surface area contributed by atoms with Crippen molar-refractivity contribution in [2.75, 3.05) is 17.6 Å². The van der Waals surface area contributed by atoms with Crippen LogP contribution in [0.2, 0.25) is 0 Å². The van der Waals surface area contributed by atoms with Crippen LogP contribution in [-0.4, -0.2) is 21.3 Å². The average Bonchev–Trinajstić information content (AvgIpc) is 2.70. The Hall–Kier alpha value is -3.25. The van der Waals surface area contributed by atoms with E-state index in [1.807, 2.05) is 60.7 Å². The minimum atomic E-state index is -3.39. The van der Waals surface area contributed by atoms with Gasteiger partial charge in [0, 0.05) is 11.3 Å². The maximum absolute atomic E-state index is 11.7. The summed E-state index contributed by atoms with van der Waals surface area (Å²) in [6.07, 6.45) is 2.46. The van der Waals surface area contributed by atoms with Gasteiger partial charge in [0.15, 0.2) is 0 Å². The van der Waals surface area contributed by atoms with E-state index in [4.69, 9.17) is 9.47 Å². The van der Waals surface area contributed by atoms with Crippen molar-refractivity contribution in [3.05, 3.63) is 90.5 Å². The maximum atomic E-state index is 11.7. The summed E-state index contributed by atoms with van der Waals surface area (Å²) >= 11 is 0. The summed E-state index contributed by atoms with van der Waals surface area (Å²) in [6, 6.07) is 21.0. The van der Waals surface area contributed by atoms with E-state index in [1.54, 1.807) is 12.1 Å². The molecule has 3 aromatic carbocycles. The van der Waals surface area contributed by atoms with Gasteiger partial charge in [-0.2, -0.15) is 0 Å². The largest absolute Gasteiger partial charge is 0.489 e. The molecule has 0 bridgehead atoms. The summed E-state index contributed by atoms with van der Waals surface area (Å²) in [6.45, 7) is 4.08. The van der Waals surface area contributed by atoms with E-state index < -0.39 is 10.0 Å². The number of nitrogens with one attached hydrogen (secondary N) is 1. The lowest BCUT2D eigenvalue weighted by Crippen LogP contribution is -2.17. The smallest absolute Gasteiger partial charge is 0.229 e. The van der Waals surface area contributed by atoms with Gasteiger partial charge < -0.3 is 9.47 Å². The molecular formula is C23H21NO4S. The van der Waals surface area contributed by atoms with E-state index in [2.05, 4.69) is 11.3 Å². The predicted molar refractivity (Wildman–Crippen MR) is 115 cm³/mol. The van der Waals surface area contributed by atoms with Gasteiger partial charge in [0.1, 0.15) is 24.2 Å².